The van der Waals surface area contributed by atoms with Crippen molar-refractivity contribution in [2.45, 2.75) is 6.42 Å². The minimum absolute atomic E-state index is 0.118. The molecule has 3 amide bonds. The van der Waals surface area contributed by atoms with E-state index in [0.29, 0.717) is 16.4 Å². The molecular formula is C25H20N2O5S. The second kappa shape index (κ2) is 8.99. The van der Waals surface area contributed by atoms with Gasteiger partial charge in [0.2, 0.25) is 12.7 Å². The van der Waals surface area contributed by atoms with Crippen LogP contribution in [0.3, 0.4) is 0 Å². The number of imide groups is 1. The molecule has 0 aliphatic carbocycles. The van der Waals surface area contributed by atoms with Crippen molar-refractivity contribution in [3.05, 3.63) is 76.7 Å². The van der Waals surface area contributed by atoms with E-state index in [4.69, 9.17) is 9.47 Å². The third-order valence-corrected chi connectivity index (χ3v) is 6.31. The maximum Gasteiger partial charge on any atom is 0.293 e. The first kappa shape index (κ1) is 21.1. The quantitative estimate of drug-likeness (QED) is 0.561. The number of nitrogens with zero attached hydrogens (tertiary/aromatic N) is 1. The van der Waals surface area contributed by atoms with E-state index in [0.717, 1.165) is 38.6 Å². The highest BCUT2D eigenvalue weighted by molar-refractivity contribution is 8.18. The molecule has 0 saturated carbocycles. The van der Waals surface area contributed by atoms with Crippen molar-refractivity contribution in [3.8, 4) is 11.5 Å². The second-order valence-corrected chi connectivity index (χ2v) is 8.65. The molecular weight excluding hydrogens is 440 g/mol. The first-order chi connectivity index (χ1) is 16.1. The molecule has 8 heteroatoms. The molecule has 5 rings (SSSR count). The lowest BCUT2D eigenvalue weighted by Gasteiger charge is -2.13. The molecule has 2 heterocycles. The molecule has 2 aliphatic rings. The number of fused-ring (bicyclic) bond motifs is 2. The van der Waals surface area contributed by atoms with Gasteiger partial charge in [-0.1, -0.05) is 48.5 Å². The van der Waals surface area contributed by atoms with Crippen LogP contribution in [0.25, 0.3) is 16.8 Å². The van der Waals surface area contributed by atoms with Crippen LogP contribution in [-0.4, -0.2) is 41.8 Å². The van der Waals surface area contributed by atoms with E-state index in [-0.39, 0.29) is 43.4 Å². The molecule has 1 saturated heterocycles. The highest BCUT2D eigenvalue weighted by atomic mass is 32.2. The van der Waals surface area contributed by atoms with E-state index < -0.39 is 0 Å². The van der Waals surface area contributed by atoms with Gasteiger partial charge < -0.3 is 14.8 Å². The monoisotopic (exact) mass is 460 g/mol. The van der Waals surface area contributed by atoms with E-state index in [9.17, 15) is 14.4 Å². The average molecular weight is 461 g/mol. The Morgan fingerprint density at radius 1 is 1.00 bits per heavy atom. The lowest BCUT2D eigenvalue weighted by molar-refractivity contribution is -0.124. The Bertz CT molecular complexity index is 1300. The number of benzene rings is 3. The van der Waals surface area contributed by atoms with Gasteiger partial charge in [-0.3, -0.25) is 19.3 Å². The Hall–Kier alpha value is -3.78. The zero-order valence-corrected chi connectivity index (χ0v) is 18.4. The van der Waals surface area contributed by atoms with E-state index in [1.165, 1.54) is 0 Å². The van der Waals surface area contributed by atoms with Crippen molar-refractivity contribution in [3.63, 3.8) is 0 Å². The molecule has 0 radical (unpaired) electrons. The van der Waals surface area contributed by atoms with Crippen LogP contribution in [-0.2, 0) is 16.0 Å². The number of rotatable bonds is 6. The summed E-state index contributed by atoms with van der Waals surface area (Å²) in [5.74, 6) is 0.733. The summed E-state index contributed by atoms with van der Waals surface area (Å²) in [4.78, 5) is 38.9. The molecule has 166 valence electrons. The minimum atomic E-state index is -0.369. The van der Waals surface area contributed by atoms with Gasteiger partial charge in [-0.15, -0.1) is 0 Å². The third kappa shape index (κ3) is 4.56. The topological polar surface area (TPSA) is 84.9 Å². The normalized spacial score (nSPS) is 16.1. The number of carbonyl (C=O) groups excluding carboxylic acids is 3. The van der Waals surface area contributed by atoms with E-state index in [2.05, 4.69) is 5.32 Å². The number of carbonyl (C=O) groups is 3. The fourth-order valence-corrected chi connectivity index (χ4v) is 4.62. The van der Waals surface area contributed by atoms with Crippen LogP contribution in [0.1, 0.15) is 11.1 Å². The van der Waals surface area contributed by atoms with E-state index in [1.54, 1.807) is 24.3 Å². The summed E-state index contributed by atoms with van der Waals surface area (Å²) in [6.45, 7) is 0.482. The van der Waals surface area contributed by atoms with Crippen molar-refractivity contribution in [1.29, 1.82) is 0 Å². The van der Waals surface area contributed by atoms with Crippen molar-refractivity contribution in [1.82, 2.24) is 10.2 Å². The summed E-state index contributed by atoms with van der Waals surface area (Å²) in [6, 6.07) is 19.2. The fourth-order valence-electron chi connectivity index (χ4n) is 3.75. The van der Waals surface area contributed by atoms with Gasteiger partial charge in [0.1, 0.15) is 0 Å². The van der Waals surface area contributed by atoms with Gasteiger partial charge >= 0.3 is 0 Å². The SMILES string of the molecule is O=C(Cc1ccc2ccccc2c1)NCCN1C(=O)S/C(=C\c2ccc3c(c2)OCO3)C1=O. The number of amides is 3. The van der Waals surface area contributed by atoms with Crippen LogP contribution in [0.5, 0.6) is 11.5 Å². The van der Waals surface area contributed by atoms with Gasteiger partial charge in [0, 0.05) is 13.1 Å². The molecule has 0 bridgehead atoms. The molecule has 2 aliphatic heterocycles. The number of hydrogen-bond donors (Lipinski definition) is 1. The number of nitrogens with one attached hydrogen (secondary N) is 1. The van der Waals surface area contributed by atoms with Crippen molar-refractivity contribution >= 4 is 45.7 Å². The lowest BCUT2D eigenvalue weighted by Crippen LogP contribution is -2.37. The van der Waals surface area contributed by atoms with Crippen LogP contribution in [0.4, 0.5) is 4.79 Å². The van der Waals surface area contributed by atoms with Gasteiger partial charge in [0.25, 0.3) is 11.1 Å². The molecule has 33 heavy (non-hydrogen) atoms. The summed E-state index contributed by atoms with van der Waals surface area (Å²) in [7, 11) is 0. The molecule has 0 spiro atoms. The molecule has 1 fully saturated rings. The Morgan fingerprint density at radius 3 is 2.70 bits per heavy atom. The third-order valence-electron chi connectivity index (χ3n) is 5.40. The minimum Gasteiger partial charge on any atom is -0.454 e. The molecule has 3 aromatic carbocycles. The first-order valence-electron chi connectivity index (χ1n) is 10.5. The van der Waals surface area contributed by atoms with Gasteiger partial charge in [-0.05, 0) is 51.9 Å². The fraction of sp³-hybridized carbons (Fsp3) is 0.160. The van der Waals surface area contributed by atoms with Gasteiger partial charge in [-0.2, -0.15) is 0 Å². The van der Waals surface area contributed by atoms with Crippen LogP contribution < -0.4 is 14.8 Å². The smallest absolute Gasteiger partial charge is 0.293 e. The van der Waals surface area contributed by atoms with Gasteiger partial charge in [-0.25, -0.2) is 0 Å². The Kier molecular flexibility index (Phi) is 5.75. The summed E-state index contributed by atoms with van der Waals surface area (Å²) in [5.41, 5.74) is 1.65. The summed E-state index contributed by atoms with van der Waals surface area (Å²) >= 11 is 0.886. The van der Waals surface area contributed by atoms with Crippen molar-refractivity contribution in [2.75, 3.05) is 19.9 Å². The molecule has 3 aromatic rings. The molecule has 7 nitrogen and oxygen atoms in total. The number of thioether (sulfide) groups is 1. The Balaban J connectivity index is 1.16. The predicted molar refractivity (Wildman–Crippen MR) is 126 cm³/mol. The Labute approximate surface area is 194 Å². The highest BCUT2D eigenvalue weighted by Gasteiger charge is 2.34. The van der Waals surface area contributed by atoms with Crippen LogP contribution in [0, 0.1) is 0 Å². The van der Waals surface area contributed by atoms with Crippen molar-refractivity contribution in [2.24, 2.45) is 0 Å². The molecule has 0 unspecified atom stereocenters. The van der Waals surface area contributed by atoms with Crippen LogP contribution >= 0.6 is 11.8 Å². The standard InChI is InChI=1S/C25H20N2O5S/c28-23(14-16-5-7-18-3-1-2-4-19(18)11-16)26-9-10-27-24(29)22(33-25(27)30)13-17-6-8-20-21(12-17)32-15-31-20/h1-8,11-13H,9-10,14-15H2,(H,26,28)/b22-13-. The van der Waals surface area contributed by atoms with Crippen LogP contribution in [0.2, 0.25) is 0 Å². The van der Waals surface area contributed by atoms with Gasteiger partial charge in [0.15, 0.2) is 11.5 Å². The van der Waals surface area contributed by atoms with Crippen LogP contribution in [0.15, 0.2) is 65.6 Å². The van der Waals surface area contributed by atoms with E-state index in [1.807, 2.05) is 42.5 Å². The number of hydrogen-bond acceptors (Lipinski definition) is 6. The predicted octanol–water partition coefficient (Wildman–Crippen LogP) is 3.96. The maximum atomic E-state index is 12.7. The summed E-state index contributed by atoms with van der Waals surface area (Å²) < 4.78 is 10.6. The van der Waals surface area contributed by atoms with Crippen molar-refractivity contribution < 1.29 is 23.9 Å². The summed E-state index contributed by atoms with van der Waals surface area (Å²) in [5, 5.41) is 4.64. The van der Waals surface area contributed by atoms with Gasteiger partial charge in [0.05, 0.1) is 11.3 Å². The Morgan fingerprint density at radius 2 is 1.82 bits per heavy atom. The summed E-state index contributed by atoms with van der Waals surface area (Å²) in [6.07, 6.45) is 1.89. The zero-order chi connectivity index (χ0) is 22.8. The zero-order valence-electron chi connectivity index (χ0n) is 17.6. The van der Waals surface area contributed by atoms with E-state index >= 15 is 0 Å². The molecule has 1 N–H and O–H groups in total. The largest absolute Gasteiger partial charge is 0.454 e. The molecule has 0 aromatic heterocycles. The highest BCUT2D eigenvalue weighted by Crippen LogP contribution is 2.36. The lowest BCUT2D eigenvalue weighted by atomic mass is 10.1. The number of ether oxygens (including phenoxy) is 2. The maximum absolute atomic E-state index is 12.7. The second-order valence-electron chi connectivity index (χ2n) is 7.65. The molecule has 0 atom stereocenters. The first-order valence-corrected chi connectivity index (χ1v) is 11.3. The average Bonchev–Trinajstić information content (AvgIpc) is 3.38.